The highest BCUT2D eigenvalue weighted by Gasteiger charge is 2.17. The summed E-state index contributed by atoms with van der Waals surface area (Å²) in [6.45, 7) is 0. The molecule has 10 rings (SSSR count). The van der Waals surface area contributed by atoms with Crippen LogP contribution in [0.3, 0.4) is 0 Å². The summed E-state index contributed by atoms with van der Waals surface area (Å²) >= 11 is 0. The predicted molar refractivity (Wildman–Crippen MR) is 184 cm³/mol. The molecule has 0 aliphatic carbocycles. The van der Waals surface area contributed by atoms with Gasteiger partial charge in [0.15, 0.2) is 0 Å². The van der Waals surface area contributed by atoms with Gasteiger partial charge < -0.3 is 8.83 Å². The van der Waals surface area contributed by atoms with Crippen molar-refractivity contribution in [2.75, 3.05) is 0 Å². The number of hydrogen-bond donors (Lipinski definition) is 0. The molecule has 0 spiro atoms. The fourth-order valence-corrected chi connectivity index (χ4v) is 7.24. The lowest BCUT2D eigenvalue weighted by molar-refractivity contribution is 0.668. The van der Waals surface area contributed by atoms with Crippen LogP contribution in [0, 0.1) is 0 Å². The summed E-state index contributed by atoms with van der Waals surface area (Å²) in [5.41, 5.74) is 8.32. The van der Waals surface area contributed by atoms with Gasteiger partial charge in [0.25, 0.3) is 0 Å². The van der Waals surface area contributed by atoms with E-state index in [2.05, 4.69) is 146 Å². The van der Waals surface area contributed by atoms with E-state index in [1.807, 2.05) is 0 Å². The van der Waals surface area contributed by atoms with E-state index in [-0.39, 0.29) is 0 Å². The average molecular weight is 561 g/mol. The number of fused-ring (bicyclic) bond motifs is 11. The van der Waals surface area contributed by atoms with E-state index in [4.69, 9.17) is 8.83 Å². The Morgan fingerprint density at radius 2 is 0.727 bits per heavy atom. The predicted octanol–water partition coefficient (Wildman–Crippen LogP) is 12.3. The molecule has 2 nitrogen and oxygen atoms in total. The standard InChI is InChI=1S/C42H24O2/c1-3-11-29-25(7-1)9-5-13-31(29)27-15-17-35-39(23-27)43-37-21-19-34-33(41(35)37)20-22-38-42(34)36-18-16-28(24-40(36)44-38)32-14-6-10-26-8-2-4-12-30(26)32/h1-24H. The second-order valence-corrected chi connectivity index (χ2v) is 11.7. The largest absolute Gasteiger partial charge is 0.456 e. The second-order valence-electron chi connectivity index (χ2n) is 11.7. The molecular formula is C42H24O2. The fraction of sp³-hybridized carbons (Fsp3) is 0. The molecule has 8 aromatic carbocycles. The summed E-state index contributed by atoms with van der Waals surface area (Å²) in [5, 5.41) is 11.8. The molecule has 0 aliphatic heterocycles. The van der Waals surface area contributed by atoms with Gasteiger partial charge in [-0.15, -0.1) is 0 Å². The van der Waals surface area contributed by atoms with Crippen molar-refractivity contribution in [1.29, 1.82) is 0 Å². The summed E-state index contributed by atoms with van der Waals surface area (Å²) in [7, 11) is 0. The Morgan fingerprint density at radius 1 is 0.295 bits per heavy atom. The molecule has 0 bridgehead atoms. The zero-order valence-electron chi connectivity index (χ0n) is 23.7. The highest BCUT2D eigenvalue weighted by Crippen LogP contribution is 2.42. The van der Waals surface area contributed by atoms with E-state index in [0.717, 1.165) is 55.0 Å². The molecule has 2 aromatic heterocycles. The van der Waals surface area contributed by atoms with Gasteiger partial charge in [0, 0.05) is 21.5 Å². The van der Waals surface area contributed by atoms with Crippen LogP contribution in [0.5, 0.6) is 0 Å². The maximum atomic E-state index is 6.49. The Hall–Kier alpha value is -5.86. The first-order chi connectivity index (χ1) is 21.8. The van der Waals surface area contributed by atoms with Crippen LogP contribution < -0.4 is 0 Å². The topological polar surface area (TPSA) is 26.3 Å². The quantitative estimate of drug-likeness (QED) is 0.210. The molecule has 0 saturated carbocycles. The number of hydrogen-bond acceptors (Lipinski definition) is 2. The molecule has 0 aliphatic rings. The second kappa shape index (κ2) is 8.82. The third kappa shape index (κ3) is 3.31. The molecular weight excluding hydrogens is 536 g/mol. The first-order valence-corrected chi connectivity index (χ1v) is 15.0. The first-order valence-electron chi connectivity index (χ1n) is 15.0. The Labute approximate surface area is 252 Å². The molecule has 0 fully saturated rings. The zero-order chi connectivity index (χ0) is 28.8. The molecule has 10 aromatic rings. The van der Waals surface area contributed by atoms with E-state index in [0.29, 0.717) is 0 Å². The molecule has 0 unspecified atom stereocenters. The van der Waals surface area contributed by atoms with Crippen molar-refractivity contribution in [3.8, 4) is 22.3 Å². The molecule has 0 N–H and O–H groups in total. The van der Waals surface area contributed by atoms with Crippen molar-refractivity contribution < 1.29 is 8.83 Å². The van der Waals surface area contributed by atoms with Crippen molar-refractivity contribution >= 4 is 76.2 Å². The van der Waals surface area contributed by atoms with Crippen molar-refractivity contribution in [2.24, 2.45) is 0 Å². The van der Waals surface area contributed by atoms with Crippen LogP contribution in [-0.4, -0.2) is 0 Å². The van der Waals surface area contributed by atoms with E-state index in [1.54, 1.807) is 0 Å². The molecule has 0 saturated heterocycles. The van der Waals surface area contributed by atoms with Crippen molar-refractivity contribution in [2.45, 2.75) is 0 Å². The summed E-state index contributed by atoms with van der Waals surface area (Å²) in [6, 6.07) is 51.8. The first kappa shape index (κ1) is 23.7. The Bertz CT molecular complexity index is 2570. The number of rotatable bonds is 2. The molecule has 2 heteroatoms. The van der Waals surface area contributed by atoms with Crippen molar-refractivity contribution in [1.82, 2.24) is 0 Å². The highest BCUT2D eigenvalue weighted by molar-refractivity contribution is 6.27. The zero-order valence-corrected chi connectivity index (χ0v) is 23.7. The van der Waals surface area contributed by atoms with Gasteiger partial charge in [-0.1, -0.05) is 97.1 Å². The molecule has 204 valence electrons. The smallest absolute Gasteiger partial charge is 0.136 e. The van der Waals surface area contributed by atoms with Crippen LogP contribution in [0.2, 0.25) is 0 Å². The molecule has 0 amide bonds. The third-order valence-corrected chi connectivity index (χ3v) is 9.27. The van der Waals surface area contributed by atoms with Gasteiger partial charge in [0.2, 0.25) is 0 Å². The van der Waals surface area contributed by atoms with Crippen LogP contribution in [0.25, 0.3) is 98.4 Å². The third-order valence-electron chi connectivity index (χ3n) is 9.27. The van der Waals surface area contributed by atoms with Gasteiger partial charge in [-0.25, -0.2) is 0 Å². The summed E-state index contributed by atoms with van der Waals surface area (Å²) in [5.74, 6) is 0. The summed E-state index contributed by atoms with van der Waals surface area (Å²) in [6.07, 6.45) is 0. The maximum Gasteiger partial charge on any atom is 0.136 e. The van der Waals surface area contributed by atoms with Gasteiger partial charge >= 0.3 is 0 Å². The normalized spacial score (nSPS) is 12.1. The van der Waals surface area contributed by atoms with Crippen LogP contribution in [0.4, 0.5) is 0 Å². The van der Waals surface area contributed by atoms with E-state index in [1.165, 1.54) is 43.4 Å². The lowest BCUT2D eigenvalue weighted by atomic mass is 9.95. The van der Waals surface area contributed by atoms with Crippen LogP contribution in [-0.2, 0) is 0 Å². The van der Waals surface area contributed by atoms with Gasteiger partial charge in [0.05, 0.1) is 0 Å². The van der Waals surface area contributed by atoms with Crippen LogP contribution in [0.1, 0.15) is 0 Å². The van der Waals surface area contributed by atoms with Gasteiger partial charge in [-0.3, -0.25) is 0 Å². The van der Waals surface area contributed by atoms with Gasteiger partial charge in [-0.2, -0.15) is 0 Å². The molecule has 0 radical (unpaired) electrons. The average Bonchev–Trinajstić information content (AvgIpc) is 3.65. The van der Waals surface area contributed by atoms with Crippen molar-refractivity contribution in [3.63, 3.8) is 0 Å². The molecule has 44 heavy (non-hydrogen) atoms. The number of benzene rings is 8. The maximum absolute atomic E-state index is 6.49. The van der Waals surface area contributed by atoms with Crippen molar-refractivity contribution in [3.05, 3.63) is 146 Å². The van der Waals surface area contributed by atoms with E-state index < -0.39 is 0 Å². The monoisotopic (exact) mass is 560 g/mol. The SMILES string of the molecule is c1ccc2c(-c3ccc4c(c3)oc3ccc5c(ccc6oc7cc(-c8cccc9ccccc89)ccc7c65)c34)cccc2c1. The lowest BCUT2D eigenvalue weighted by Gasteiger charge is -2.07. The minimum atomic E-state index is 0.896. The highest BCUT2D eigenvalue weighted by atomic mass is 16.3. The number of furan rings is 2. The Morgan fingerprint density at radius 3 is 1.23 bits per heavy atom. The minimum absolute atomic E-state index is 0.896. The summed E-state index contributed by atoms with van der Waals surface area (Å²) < 4.78 is 13.0. The van der Waals surface area contributed by atoms with Crippen LogP contribution >= 0.6 is 0 Å². The van der Waals surface area contributed by atoms with Crippen LogP contribution in [0.15, 0.2) is 154 Å². The lowest BCUT2D eigenvalue weighted by Crippen LogP contribution is -1.81. The fourth-order valence-electron chi connectivity index (χ4n) is 7.24. The van der Waals surface area contributed by atoms with Gasteiger partial charge in [0.1, 0.15) is 22.3 Å². The minimum Gasteiger partial charge on any atom is -0.456 e. The van der Waals surface area contributed by atoms with Gasteiger partial charge in [-0.05, 0) is 103 Å². The van der Waals surface area contributed by atoms with E-state index >= 15 is 0 Å². The molecule has 2 heterocycles. The molecule has 0 atom stereocenters. The summed E-state index contributed by atoms with van der Waals surface area (Å²) in [4.78, 5) is 0. The Kier molecular flexibility index (Phi) is 4.75. The van der Waals surface area contributed by atoms with E-state index in [9.17, 15) is 0 Å². The Balaban J connectivity index is 1.17.